The summed E-state index contributed by atoms with van der Waals surface area (Å²) in [6.07, 6.45) is 8.28. The number of aromatic nitrogens is 3. The lowest BCUT2D eigenvalue weighted by atomic mass is 10.2. The highest BCUT2D eigenvalue weighted by Gasteiger charge is 2.44. The van der Waals surface area contributed by atoms with Crippen LogP contribution in [0.5, 0.6) is 0 Å². The second kappa shape index (κ2) is 6.30. The molecule has 1 aliphatic rings. The Morgan fingerprint density at radius 2 is 2.36 bits per heavy atom. The zero-order valence-electron chi connectivity index (χ0n) is 13.2. The maximum atomic E-state index is 10.7. The third kappa shape index (κ3) is 2.85. The summed E-state index contributed by atoms with van der Waals surface area (Å²) in [5.41, 5.74) is 2.84. The zero-order valence-corrected chi connectivity index (χ0v) is 14.0. The molecule has 1 fully saturated rings. The highest BCUT2D eigenvalue weighted by molar-refractivity contribution is 7.99. The fourth-order valence-electron chi connectivity index (χ4n) is 2.86. The molecule has 3 atom stereocenters. The number of aliphatic hydroxyl groups excluding tert-OH is 1. The predicted octanol–water partition coefficient (Wildman–Crippen LogP) is 2.47. The average molecular weight is 318 g/mol. The van der Waals surface area contributed by atoms with Gasteiger partial charge in [-0.3, -0.25) is 4.98 Å². The van der Waals surface area contributed by atoms with E-state index in [1.54, 1.807) is 12.4 Å². The quantitative estimate of drug-likeness (QED) is 0.829. The number of anilines is 1. The van der Waals surface area contributed by atoms with Crippen LogP contribution in [0.1, 0.15) is 19.0 Å². The lowest BCUT2D eigenvalue weighted by Crippen LogP contribution is -2.37. The number of nitrogens with zero attached hydrogens (tertiary/aromatic N) is 4. The fourth-order valence-corrected chi connectivity index (χ4v) is 3.76. The Bertz CT molecular complexity index is 630. The smallest absolute Gasteiger partial charge is 0.130 e. The van der Waals surface area contributed by atoms with E-state index < -0.39 is 6.23 Å². The van der Waals surface area contributed by atoms with Crippen molar-refractivity contribution in [3.05, 3.63) is 36.4 Å². The molecule has 1 N–H and O–H groups in total. The van der Waals surface area contributed by atoms with Crippen LogP contribution in [-0.4, -0.2) is 44.1 Å². The lowest BCUT2D eigenvalue weighted by molar-refractivity contribution is 0.147. The molecule has 2 heterocycles. The standard InChI is InChI=1S/C16H22N4OS/c1-4-19(16(21)13-8-15(13)22-3)14-10-20(18-11(14)2)12-6-5-7-17-9-12/h5-7,9-10,13,15-16,21H,4,8H2,1-3H3. The van der Waals surface area contributed by atoms with Crippen LogP contribution in [0, 0.1) is 12.8 Å². The Kier molecular flexibility index (Phi) is 4.40. The van der Waals surface area contributed by atoms with Gasteiger partial charge in [0.15, 0.2) is 0 Å². The molecule has 0 amide bonds. The monoisotopic (exact) mass is 318 g/mol. The van der Waals surface area contributed by atoms with Gasteiger partial charge in [0.25, 0.3) is 0 Å². The van der Waals surface area contributed by atoms with Gasteiger partial charge >= 0.3 is 0 Å². The van der Waals surface area contributed by atoms with Crippen molar-refractivity contribution in [2.24, 2.45) is 5.92 Å². The molecule has 0 aliphatic heterocycles. The van der Waals surface area contributed by atoms with Crippen LogP contribution in [0.2, 0.25) is 0 Å². The van der Waals surface area contributed by atoms with Crippen LogP contribution in [0.15, 0.2) is 30.7 Å². The van der Waals surface area contributed by atoms with Crippen molar-refractivity contribution in [1.82, 2.24) is 14.8 Å². The van der Waals surface area contributed by atoms with Gasteiger partial charge < -0.3 is 10.0 Å². The van der Waals surface area contributed by atoms with Crippen molar-refractivity contribution in [3.63, 3.8) is 0 Å². The van der Waals surface area contributed by atoms with Crippen molar-refractivity contribution < 1.29 is 5.11 Å². The van der Waals surface area contributed by atoms with Crippen LogP contribution < -0.4 is 4.90 Å². The first-order valence-electron chi connectivity index (χ1n) is 7.59. The zero-order chi connectivity index (χ0) is 15.7. The van der Waals surface area contributed by atoms with Gasteiger partial charge in [-0.15, -0.1) is 0 Å². The predicted molar refractivity (Wildman–Crippen MR) is 90.5 cm³/mol. The summed E-state index contributed by atoms with van der Waals surface area (Å²) in [6, 6.07) is 3.87. The number of hydrogen-bond donors (Lipinski definition) is 1. The van der Waals surface area contributed by atoms with E-state index >= 15 is 0 Å². The van der Waals surface area contributed by atoms with Crippen LogP contribution in [0.3, 0.4) is 0 Å². The van der Waals surface area contributed by atoms with Crippen molar-refractivity contribution >= 4 is 17.4 Å². The Morgan fingerprint density at radius 3 is 2.95 bits per heavy atom. The van der Waals surface area contributed by atoms with Gasteiger partial charge in [-0.05, 0) is 38.7 Å². The summed E-state index contributed by atoms with van der Waals surface area (Å²) < 4.78 is 1.83. The normalized spacial score (nSPS) is 21.6. The number of pyridine rings is 1. The van der Waals surface area contributed by atoms with Crippen LogP contribution in [0.4, 0.5) is 5.69 Å². The molecule has 2 aromatic rings. The van der Waals surface area contributed by atoms with Gasteiger partial charge in [0.2, 0.25) is 0 Å². The summed E-state index contributed by atoms with van der Waals surface area (Å²) in [7, 11) is 0. The largest absolute Gasteiger partial charge is 0.373 e. The van der Waals surface area contributed by atoms with Crippen molar-refractivity contribution in [2.75, 3.05) is 17.7 Å². The SMILES string of the molecule is CCN(c1cn(-c2cccnc2)nc1C)C(O)C1CC1SC. The summed E-state index contributed by atoms with van der Waals surface area (Å²) in [5.74, 6) is 0.357. The van der Waals surface area contributed by atoms with E-state index in [-0.39, 0.29) is 0 Å². The van der Waals surface area contributed by atoms with E-state index in [9.17, 15) is 5.11 Å². The molecule has 0 saturated heterocycles. The minimum Gasteiger partial charge on any atom is -0.373 e. The van der Waals surface area contributed by atoms with Gasteiger partial charge in [-0.1, -0.05) is 0 Å². The Labute approximate surface area is 135 Å². The minimum absolute atomic E-state index is 0.357. The first kappa shape index (κ1) is 15.4. The Balaban J connectivity index is 1.85. The second-order valence-electron chi connectivity index (χ2n) is 5.63. The number of thioether (sulfide) groups is 1. The molecular formula is C16H22N4OS. The maximum Gasteiger partial charge on any atom is 0.130 e. The van der Waals surface area contributed by atoms with E-state index in [0.29, 0.717) is 11.2 Å². The highest BCUT2D eigenvalue weighted by Crippen LogP contribution is 2.44. The van der Waals surface area contributed by atoms with E-state index in [0.717, 1.165) is 30.0 Å². The molecular weight excluding hydrogens is 296 g/mol. The lowest BCUT2D eigenvalue weighted by Gasteiger charge is -2.28. The van der Waals surface area contributed by atoms with E-state index in [2.05, 4.69) is 28.2 Å². The van der Waals surface area contributed by atoms with E-state index in [4.69, 9.17) is 0 Å². The van der Waals surface area contributed by atoms with Crippen molar-refractivity contribution in [2.45, 2.75) is 31.7 Å². The van der Waals surface area contributed by atoms with Crippen LogP contribution in [-0.2, 0) is 0 Å². The molecule has 0 bridgehead atoms. The van der Waals surface area contributed by atoms with Gasteiger partial charge in [-0.2, -0.15) is 16.9 Å². The van der Waals surface area contributed by atoms with Gasteiger partial charge in [0.05, 0.1) is 29.5 Å². The first-order valence-corrected chi connectivity index (χ1v) is 8.88. The molecule has 22 heavy (non-hydrogen) atoms. The molecule has 118 valence electrons. The van der Waals surface area contributed by atoms with Crippen molar-refractivity contribution in [3.8, 4) is 5.69 Å². The molecule has 3 rings (SSSR count). The van der Waals surface area contributed by atoms with Crippen LogP contribution >= 0.6 is 11.8 Å². The number of hydrogen-bond acceptors (Lipinski definition) is 5. The van der Waals surface area contributed by atoms with Gasteiger partial charge in [0, 0.05) is 23.9 Å². The molecule has 0 aromatic carbocycles. The molecule has 1 aliphatic carbocycles. The topological polar surface area (TPSA) is 54.2 Å². The van der Waals surface area contributed by atoms with Crippen LogP contribution in [0.25, 0.3) is 5.69 Å². The average Bonchev–Trinajstić information content (AvgIpc) is 3.25. The third-order valence-corrected chi connectivity index (χ3v) is 5.37. The minimum atomic E-state index is -0.437. The summed E-state index contributed by atoms with van der Waals surface area (Å²) in [6.45, 7) is 4.81. The number of aliphatic hydroxyl groups is 1. The van der Waals surface area contributed by atoms with E-state index in [1.807, 2.05) is 41.7 Å². The summed E-state index contributed by atoms with van der Waals surface area (Å²) >= 11 is 1.84. The molecule has 0 radical (unpaired) electrons. The second-order valence-corrected chi connectivity index (χ2v) is 6.71. The Morgan fingerprint density at radius 1 is 1.55 bits per heavy atom. The van der Waals surface area contributed by atoms with E-state index in [1.165, 1.54) is 0 Å². The number of aryl methyl sites for hydroxylation is 1. The summed E-state index contributed by atoms with van der Waals surface area (Å²) in [5, 5.41) is 15.8. The summed E-state index contributed by atoms with van der Waals surface area (Å²) in [4.78, 5) is 6.18. The van der Waals surface area contributed by atoms with Crippen molar-refractivity contribution in [1.29, 1.82) is 0 Å². The first-order chi connectivity index (χ1) is 10.7. The maximum absolute atomic E-state index is 10.7. The molecule has 1 saturated carbocycles. The van der Waals surface area contributed by atoms with Gasteiger partial charge in [0.1, 0.15) is 6.23 Å². The molecule has 0 spiro atoms. The molecule has 2 aromatic heterocycles. The third-order valence-electron chi connectivity index (χ3n) is 4.22. The molecule has 3 unspecified atom stereocenters. The fraction of sp³-hybridized carbons (Fsp3) is 0.500. The highest BCUT2D eigenvalue weighted by atomic mass is 32.2. The number of rotatable bonds is 6. The molecule has 6 heteroatoms. The molecule has 5 nitrogen and oxygen atoms in total. The Hall–Kier alpha value is -1.53. The van der Waals surface area contributed by atoms with Gasteiger partial charge in [-0.25, -0.2) is 4.68 Å².